The van der Waals surface area contributed by atoms with Crippen LogP contribution in [0.5, 0.6) is 0 Å². The molecule has 0 bridgehead atoms. The topological polar surface area (TPSA) is 76.7 Å². The first-order valence-corrected chi connectivity index (χ1v) is 8.32. The highest BCUT2D eigenvalue weighted by Crippen LogP contribution is 2.59. The van der Waals surface area contributed by atoms with E-state index in [4.69, 9.17) is 9.15 Å². The van der Waals surface area contributed by atoms with Gasteiger partial charge in [0.2, 0.25) is 5.78 Å². The molecule has 2 aliphatic carbocycles. The number of furan rings is 1. The van der Waals surface area contributed by atoms with Crippen molar-refractivity contribution in [1.82, 2.24) is 0 Å². The standard InChI is InChI=1S/C18H24O5/c1-5-12(20)23-17-13-9(2)8-22-16(13)15(21)14-11(19)7-6-10(3)18(14,17)4/h8,10-11,14,17,19H,5-7H2,1-4H3/t10-,11-,14-,17+,18+/m0/s1. The van der Waals surface area contributed by atoms with Gasteiger partial charge in [-0.05, 0) is 31.2 Å². The van der Waals surface area contributed by atoms with Crippen LogP contribution in [0, 0.1) is 24.2 Å². The SMILES string of the molecule is CCC(=O)O[C@@H]1c2c(C)coc2C(=O)[C@@H]2[C@@H](O)CC[C@H](C)[C@@]12C. The minimum absolute atomic E-state index is 0.150. The number of fused-ring (bicyclic) bond motifs is 2. The molecule has 1 fully saturated rings. The maximum absolute atomic E-state index is 12.9. The number of Topliss-reactive ketones (excluding diaryl/α,β-unsaturated/α-hetero) is 1. The van der Waals surface area contributed by atoms with E-state index >= 15 is 0 Å². The summed E-state index contributed by atoms with van der Waals surface area (Å²) in [5, 5.41) is 10.5. The smallest absolute Gasteiger partial charge is 0.306 e. The summed E-state index contributed by atoms with van der Waals surface area (Å²) in [6, 6.07) is 0. The Morgan fingerprint density at radius 3 is 2.83 bits per heavy atom. The lowest BCUT2D eigenvalue weighted by Gasteiger charge is -2.53. The highest BCUT2D eigenvalue weighted by Gasteiger charge is 2.61. The van der Waals surface area contributed by atoms with E-state index < -0.39 is 23.5 Å². The Hall–Kier alpha value is -1.62. The zero-order valence-electron chi connectivity index (χ0n) is 14.1. The van der Waals surface area contributed by atoms with Crippen molar-refractivity contribution in [2.75, 3.05) is 0 Å². The number of hydrogen-bond donors (Lipinski definition) is 1. The van der Waals surface area contributed by atoms with Crippen LogP contribution in [0.3, 0.4) is 0 Å². The van der Waals surface area contributed by atoms with Crippen LogP contribution in [-0.2, 0) is 9.53 Å². The number of ketones is 1. The van der Waals surface area contributed by atoms with E-state index in [1.54, 1.807) is 6.92 Å². The third-order valence-electron chi connectivity index (χ3n) is 5.91. The first-order chi connectivity index (χ1) is 10.8. The molecule has 3 rings (SSSR count). The van der Waals surface area contributed by atoms with Gasteiger partial charge in [0.1, 0.15) is 6.10 Å². The van der Waals surface area contributed by atoms with Gasteiger partial charge in [0.15, 0.2) is 5.76 Å². The molecule has 1 N–H and O–H groups in total. The summed E-state index contributed by atoms with van der Waals surface area (Å²) in [5.74, 6) is -0.676. The van der Waals surface area contributed by atoms with Crippen molar-refractivity contribution in [1.29, 1.82) is 0 Å². The molecule has 0 radical (unpaired) electrons. The Labute approximate surface area is 136 Å². The summed E-state index contributed by atoms with van der Waals surface area (Å²) >= 11 is 0. The summed E-state index contributed by atoms with van der Waals surface area (Å²) in [4.78, 5) is 24.9. The van der Waals surface area contributed by atoms with Crippen molar-refractivity contribution in [3.63, 3.8) is 0 Å². The predicted molar refractivity (Wildman–Crippen MR) is 82.9 cm³/mol. The lowest BCUT2D eigenvalue weighted by atomic mass is 9.53. The van der Waals surface area contributed by atoms with E-state index in [9.17, 15) is 14.7 Å². The van der Waals surface area contributed by atoms with Crippen LogP contribution in [0.4, 0.5) is 0 Å². The molecule has 0 unspecified atom stereocenters. The molecular formula is C18H24O5. The summed E-state index contributed by atoms with van der Waals surface area (Å²) < 4.78 is 11.3. The lowest BCUT2D eigenvalue weighted by molar-refractivity contribution is -0.172. The molecular weight excluding hydrogens is 296 g/mol. The number of hydrogen-bond acceptors (Lipinski definition) is 5. The van der Waals surface area contributed by atoms with Crippen LogP contribution in [-0.4, -0.2) is 23.0 Å². The minimum atomic E-state index is -0.731. The first-order valence-electron chi connectivity index (χ1n) is 8.32. The molecule has 1 aromatic heterocycles. The normalized spacial score (nSPS) is 36.3. The van der Waals surface area contributed by atoms with Gasteiger partial charge in [-0.3, -0.25) is 9.59 Å². The second kappa shape index (κ2) is 5.48. The van der Waals surface area contributed by atoms with Crippen molar-refractivity contribution >= 4 is 11.8 Å². The van der Waals surface area contributed by atoms with Gasteiger partial charge in [0.25, 0.3) is 0 Å². The van der Waals surface area contributed by atoms with Gasteiger partial charge in [-0.1, -0.05) is 20.8 Å². The molecule has 0 aliphatic heterocycles. The lowest BCUT2D eigenvalue weighted by Crippen LogP contribution is -2.55. The fourth-order valence-corrected chi connectivity index (χ4v) is 4.32. The Morgan fingerprint density at radius 1 is 1.48 bits per heavy atom. The van der Waals surface area contributed by atoms with Crippen molar-refractivity contribution < 1.29 is 23.8 Å². The van der Waals surface area contributed by atoms with E-state index in [1.807, 2.05) is 13.8 Å². The second-order valence-corrected chi connectivity index (χ2v) is 7.14. The van der Waals surface area contributed by atoms with E-state index in [1.165, 1.54) is 6.26 Å². The van der Waals surface area contributed by atoms with Crippen LogP contribution in [0.1, 0.15) is 67.8 Å². The Morgan fingerprint density at radius 2 is 2.17 bits per heavy atom. The molecule has 0 spiro atoms. The Balaban J connectivity index is 2.19. The van der Waals surface area contributed by atoms with E-state index in [-0.39, 0.29) is 29.9 Å². The number of ether oxygens (including phenoxy) is 1. The maximum Gasteiger partial charge on any atom is 0.306 e. The summed E-state index contributed by atoms with van der Waals surface area (Å²) in [7, 11) is 0. The van der Waals surface area contributed by atoms with Gasteiger partial charge < -0.3 is 14.3 Å². The number of carbonyl (C=O) groups excluding carboxylic acids is 2. The van der Waals surface area contributed by atoms with Gasteiger partial charge in [-0.2, -0.15) is 0 Å². The van der Waals surface area contributed by atoms with E-state index in [0.29, 0.717) is 12.0 Å². The van der Waals surface area contributed by atoms with Crippen LogP contribution in [0.2, 0.25) is 0 Å². The Kier molecular flexibility index (Phi) is 3.87. The Bertz CT molecular complexity index is 646. The summed E-state index contributed by atoms with van der Waals surface area (Å²) in [5.41, 5.74) is 0.868. The number of aliphatic hydroxyl groups excluding tert-OH is 1. The molecule has 0 aromatic carbocycles. The third-order valence-corrected chi connectivity index (χ3v) is 5.91. The number of rotatable bonds is 2. The third kappa shape index (κ3) is 2.17. The molecule has 1 saturated carbocycles. The molecule has 23 heavy (non-hydrogen) atoms. The number of aryl methyl sites for hydroxylation is 1. The summed E-state index contributed by atoms with van der Waals surface area (Å²) in [6.07, 6.45) is 1.90. The number of carbonyl (C=O) groups is 2. The molecule has 126 valence electrons. The quantitative estimate of drug-likeness (QED) is 0.847. The van der Waals surface area contributed by atoms with Crippen LogP contribution < -0.4 is 0 Å². The van der Waals surface area contributed by atoms with Crippen LogP contribution in [0.15, 0.2) is 10.7 Å². The molecule has 5 nitrogen and oxygen atoms in total. The van der Waals surface area contributed by atoms with Crippen molar-refractivity contribution in [3.8, 4) is 0 Å². The largest absolute Gasteiger partial charge is 0.460 e. The van der Waals surface area contributed by atoms with Crippen LogP contribution in [0.25, 0.3) is 0 Å². The van der Waals surface area contributed by atoms with Gasteiger partial charge in [-0.15, -0.1) is 0 Å². The average Bonchev–Trinajstić information content (AvgIpc) is 2.89. The molecule has 5 atom stereocenters. The highest BCUT2D eigenvalue weighted by atomic mass is 16.5. The molecule has 0 saturated heterocycles. The minimum Gasteiger partial charge on any atom is -0.460 e. The van der Waals surface area contributed by atoms with E-state index in [2.05, 4.69) is 6.92 Å². The monoisotopic (exact) mass is 320 g/mol. The van der Waals surface area contributed by atoms with Gasteiger partial charge in [0.05, 0.1) is 18.3 Å². The highest BCUT2D eigenvalue weighted by molar-refractivity contribution is 5.99. The summed E-state index contributed by atoms with van der Waals surface area (Å²) in [6.45, 7) is 7.64. The number of aliphatic hydroxyl groups is 1. The zero-order chi connectivity index (χ0) is 16.9. The van der Waals surface area contributed by atoms with E-state index in [0.717, 1.165) is 12.0 Å². The zero-order valence-corrected chi connectivity index (χ0v) is 14.1. The molecule has 1 aromatic rings. The van der Waals surface area contributed by atoms with Crippen molar-refractivity contribution in [2.45, 2.75) is 59.2 Å². The molecule has 2 aliphatic rings. The maximum atomic E-state index is 12.9. The fraction of sp³-hybridized carbons (Fsp3) is 0.667. The molecule has 5 heteroatoms. The average molecular weight is 320 g/mol. The predicted octanol–water partition coefficient (Wildman–Crippen LogP) is 3.19. The second-order valence-electron chi connectivity index (χ2n) is 7.14. The van der Waals surface area contributed by atoms with Gasteiger partial charge in [0, 0.05) is 17.4 Å². The fourth-order valence-electron chi connectivity index (χ4n) is 4.32. The molecule has 1 heterocycles. The molecule has 0 amide bonds. The van der Waals surface area contributed by atoms with Gasteiger partial charge in [-0.25, -0.2) is 0 Å². The van der Waals surface area contributed by atoms with Crippen molar-refractivity contribution in [2.24, 2.45) is 17.3 Å². The van der Waals surface area contributed by atoms with Crippen LogP contribution >= 0.6 is 0 Å². The number of esters is 1. The van der Waals surface area contributed by atoms with Crippen molar-refractivity contribution in [3.05, 3.63) is 23.2 Å². The van der Waals surface area contributed by atoms with Gasteiger partial charge >= 0.3 is 5.97 Å². The first kappa shape index (κ1) is 16.2.